The monoisotopic (exact) mass is 1320 g/mol. The van der Waals surface area contributed by atoms with E-state index in [0.717, 1.165) is 36.8 Å². The molecule has 0 aliphatic carbocycles. The lowest BCUT2D eigenvalue weighted by Gasteiger charge is -2.56. The summed E-state index contributed by atoms with van der Waals surface area (Å²) in [4.78, 5) is 29.7. The highest BCUT2D eigenvalue weighted by Gasteiger charge is 2.59. The topological polar surface area (TPSA) is 136 Å². The number of allylic oxidation sites excluding steroid dienone is 1. The summed E-state index contributed by atoms with van der Waals surface area (Å²) in [5.41, 5.74) is 2.13. The first kappa shape index (κ1) is 76.2. The molecule has 0 aromatic carbocycles. The van der Waals surface area contributed by atoms with Crippen molar-refractivity contribution < 1.29 is 60.1 Å². The van der Waals surface area contributed by atoms with Crippen molar-refractivity contribution in [2.75, 3.05) is 13.7 Å². The quantitative estimate of drug-likeness (QED) is 0.121. The van der Waals surface area contributed by atoms with Crippen molar-refractivity contribution >= 4 is 53.2 Å². The fourth-order valence-electron chi connectivity index (χ4n) is 12.4. The Labute approximate surface area is 542 Å². The Morgan fingerprint density at radius 2 is 1.07 bits per heavy atom. The van der Waals surface area contributed by atoms with Crippen LogP contribution in [0.2, 0.25) is 90.7 Å². The van der Waals surface area contributed by atoms with Crippen LogP contribution in [0.3, 0.4) is 0 Å². The van der Waals surface area contributed by atoms with Crippen molar-refractivity contribution in [3.05, 3.63) is 36.5 Å². The van der Waals surface area contributed by atoms with E-state index in [2.05, 4.69) is 189 Å². The van der Waals surface area contributed by atoms with Gasteiger partial charge in [0.15, 0.2) is 47.4 Å². The molecule has 3 unspecified atom stereocenters. The number of hydrogen-bond acceptors (Lipinski definition) is 13. The van der Waals surface area contributed by atoms with E-state index in [0.29, 0.717) is 45.1 Å². The fraction of sp³-hybridized carbons (Fsp3) is 0.886. The van der Waals surface area contributed by atoms with E-state index in [9.17, 15) is 4.79 Å². The van der Waals surface area contributed by atoms with E-state index >= 15 is 4.79 Å². The number of fused-ring (bicyclic) bond motifs is 2. The number of methoxy groups -OCH3 is 1. The van der Waals surface area contributed by atoms with Gasteiger partial charge in [0.1, 0.15) is 30.2 Å². The zero-order valence-electron chi connectivity index (χ0n) is 60.9. The Hall–Kier alpha value is -0.796. The van der Waals surface area contributed by atoms with Crippen LogP contribution in [0.25, 0.3) is 0 Å². The lowest BCUT2D eigenvalue weighted by molar-refractivity contribution is -0.266. The van der Waals surface area contributed by atoms with Crippen LogP contribution in [0.4, 0.5) is 0 Å². The fourth-order valence-corrected chi connectivity index (χ4v) is 18.7. The van der Waals surface area contributed by atoms with Gasteiger partial charge in [-0.3, -0.25) is 9.59 Å². The number of ketones is 2. The van der Waals surface area contributed by atoms with Crippen molar-refractivity contribution in [2.24, 2.45) is 11.8 Å². The van der Waals surface area contributed by atoms with E-state index < -0.39 is 84.3 Å². The molecule has 8 bridgehead atoms. The van der Waals surface area contributed by atoms with E-state index in [-0.39, 0.29) is 110 Å². The van der Waals surface area contributed by atoms with E-state index in [1.54, 1.807) is 13.2 Å². The Morgan fingerprint density at radius 3 is 1.62 bits per heavy atom. The average Bonchev–Trinajstić information content (AvgIpc) is 0.954. The van der Waals surface area contributed by atoms with Gasteiger partial charge in [0.25, 0.3) is 0 Å². The molecule has 5 fully saturated rings. The predicted octanol–water partition coefficient (Wildman–Crippen LogP) is 17.2. The molecule has 18 heteroatoms. The Kier molecular flexibility index (Phi) is 24.7. The second-order valence-electron chi connectivity index (χ2n) is 35.5. The molecule has 0 N–H and O–H groups in total. The highest BCUT2D eigenvalue weighted by Crippen LogP contribution is 2.50. The first-order valence-corrected chi connectivity index (χ1v) is 48.8. The molecule has 13 nitrogen and oxygen atoms in total. The maximum absolute atomic E-state index is 15.4. The minimum absolute atomic E-state index is 0.0171. The lowest BCUT2D eigenvalue weighted by atomic mass is 9.81. The highest BCUT2D eigenvalue weighted by atomic mass is 28.4. The number of hydrogen-bond donors (Lipinski definition) is 0. The van der Waals surface area contributed by atoms with Crippen molar-refractivity contribution in [3.8, 4) is 0 Å². The molecule has 5 saturated heterocycles. The standard InChI is InChI=1S/C70H130O13Si5/c1-45-38-51-33-36-55-46(2)39-50(75-55)32-30-48(71)31-35-57(81-86(24,25)68(10,11)12)63-65(83-88(28,29)70(16,17)18)64(82-87(26,27)69(13,14)15)62-56(79-63)37-34-52(77-62)40-49(72)41-54-59(43-58(76-51)47(45)3)78-60(61(54)73-19)42-53(80-85(22,23)67(7,8)9)44-74-84(20,21)66(4,5)6/h31,35,45,50-65H,2-3,30,32-34,36-44H2,1,4-29H3/b35-31+/t45-,50+,51+,52?,53-,54+,55?,56+,57+,58?,59+,60-,61-,62+,63+,64-,65-/m1/s1. The van der Waals surface area contributed by atoms with Crippen molar-refractivity contribution in [3.63, 3.8) is 0 Å². The van der Waals surface area contributed by atoms with Gasteiger partial charge in [-0.1, -0.05) is 130 Å². The Bertz CT molecular complexity index is 2410. The highest BCUT2D eigenvalue weighted by molar-refractivity contribution is 6.76. The summed E-state index contributed by atoms with van der Waals surface area (Å²) in [7, 11) is -10.4. The van der Waals surface area contributed by atoms with Gasteiger partial charge in [-0.15, -0.1) is 0 Å². The number of carbonyl (C=O) groups is 2. The van der Waals surface area contributed by atoms with Gasteiger partial charge in [-0.05, 0) is 159 Å². The van der Waals surface area contributed by atoms with E-state index in [1.807, 2.05) is 6.08 Å². The summed E-state index contributed by atoms with van der Waals surface area (Å²) in [6.07, 6.45) is 4.93. The van der Waals surface area contributed by atoms with Crippen LogP contribution in [0.1, 0.15) is 188 Å². The molecular formula is C70H130O13Si5. The third kappa shape index (κ3) is 18.6. The Morgan fingerprint density at radius 1 is 0.545 bits per heavy atom. The van der Waals surface area contributed by atoms with E-state index in [1.165, 1.54) is 0 Å². The third-order valence-corrected chi connectivity index (χ3v) is 46.0. The molecular weight excluding hydrogens is 1190 g/mol. The first-order valence-electron chi connectivity index (χ1n) is 34.2. The van der Waals surface area contributed by atoms with Gasteiger partial charge in [-0.25, -0.2) is 0 Å². The third-order valence-electron chi connectivity index (χ3n) is 23.5. The average molecular weight is 1320 g/mol. The number of carbonyl (C=O) groups excluding carboxylic acids is 2. The van der Waals surface area contributed by atoms with Crippen molar-refractivity contribution in [2.45, 2.75) is 370 Å². The predicted molar refractivity (Wildman–Crippen MR) is 371 cm³/mol. The molecule has 8 aliphatic heterocycles. The lowest BCUT2D eigenvalue weighted by Crippen LogP contribution is -2.69. The largest absolute Gasteiger partial charge is 0.414 e. The summed E-state index contributed by atoms with van der Waals surface area (Å²) < 4.78 is 80.3. The summed E-state index contributed by atoms with van der Waals surface area (Å²) in [6.45, 7) is 68.9. The number of rotatable bonds is 14. The number of Topliss-reactive ketones (excluding diaryl/α,β-unsaturated/α-hetero) is 1. The van der Waals surface area contributed by atoms with Gasteiger partial charge >= 0.3 is 0 Å². The molecule has 0 spiro atoms. The molecule has 508 valence electrons. The van der Waals surface area contributed by atoms with Gasteiger partial charge in [0.2, 0.25) is 0 Å². The van der Waals surface area contributed by atoms with Gasteiger partial charge in [-0.2, -0.15) is 0 Å². The molecule has 17 atom stereocenters. The molecule has 0 aromatic rings. The smallest absolute Gasteiger partial charge is 0.193 e. The Balaban J connectivity index is 1.45. The molecule has 0 radical (unpaired) electrons. The van der Waals surface area contributed by atoms with E-state index in [4.69, 9.17) is 50.6 Å². The molecule has 88 heavy (non-hydrogen) atoms. The normalized spacial score (nSPS) is 34.5. The van der Waals surface area contributed by atoms with Crippen LogP contribution in [0.15, 0.2) is 36.5 Å². The molecule has 0 saturated carbocycles. The van der Waals surface area contributed by atoms with Gasteiger partial charge < -0.3 is 50.6 Å². The van der Waals surface area contributed by atoms with Crippen LogP contribution < -0.4 is 0 Å². The van der Waals surface area contributed by atoms with Crippen LogP contribution in [-0.2, 0) is 60.1 Å². The van der Waals surface area contributed by atoms with Crippen LogP contribution in [0.5, 0.6) is 0 Å². The minimum atomic E-state index is -2.60. The maximum atomic E-state index is 15.4. The SMILES string of the molecule is C=C1C[C@@H]2CCC(=O)/C=C/[C@H](O[Si](C)(C)C(C)(C)C)[C@@H]3O[C@H]4CCC(CC(=O)C[C@@H]5[C@@H](OC)[C@@H](C[C@H](CO[Si](C)(C)C(C)(C)C)O[Si](C)(C)C(C)(C)C)O[C@H]5CC5O[C@@H](CCC1O2)C[C@@H](C)C5=C)O[C@@H]4[C@@H](O[Si](C)(C)C(C)(C)C)[C@@H]3O[Si](C)(C)C(C)(C)C. The molecule has 8 aliphatic rings. The van der Waals surface area contributed by atoms with Crippen molar-refractivity contribution in [1.82, 2.24) is 0 Å². The molecule has 8 rings (SSSR count). The van der Waals surface area contributed by atoms with Crippen LogP contribution >= 0.6 is 0 Å². The second-order valence-corrected chi connectivity index (χ2v) is 59.4. The summed E-state index contributed by atoms with van der Waals surface area (Å²) in [5.74, 6) is 0.0629. The van der Waals surface area contributed by atoms with Crippen LogP contribution in [-0.4, -0.2) is 158 Å². The zero-order valence-corrected chi connectivity index (χ0v) is 65.9. The zero-order chi connectivity index (χ0) is 66.5. The van der Waals surface area contributed by atoms with Crippen molar-refractivity contribution in [1.29, 1.82) is 0 Å². The summed E-state index contributed by atoms with van der Waals surface area (Å²) >= 11 is 0. The molecule has 0 amide bonds. The molecule has 0 aromatic heterocycles. The first-order chi connectivity index (χ1) is 40.0. The molecule has 8 heterocycles. The second kappa shape index (κ2) is 28.5. The van der Waals surface area contributed by atoms with Gasteiger partial charge in [0, 0.05) is 45.1 Å². The van der Waals surface area contributed by atoms with Crippen LogP contribution in [0, 0.1) is 11.8 Å². The number of ether oxygens (including phenoxy) is 6. The summed E-state index contributed by atoms with van der Waals surface area (Å²) in [6, 6.07) is 0. The summed E-state index contributed by atoms with van der Waals surface area (Å²) in [5, 5.41) is -0.482. The van der Waals surface area contributed by atoms with Gasteiger partial charge in [0.05, 0.1) is 73.8 Å². The minimum Gasteiger partial charge on any atom is -0.414 e. The maximum Gasteiger partial charge on any atom is 0.193 e.